The van der Waals surface area contributed by atoms with E-state index in [-0.39, 0.29) is 10.3 Å². The fourth-order valence-corrected chi connectivity index (χ4v) is 3.41. The van der Waals surface area contributed by atoms with Crippen molar-refractivity contribution in [2.24, 2.45) is 0 Å². The largest absolute Gasteiger partial charge is 0.460 e. The highest BCUT2D eigenvalue weighted by Crippen LogP contribution is 2.32. The molecule has 4 nitrogen and oxygen atoms in total. The van der Waals surface area contributed by atoms with Crippen LogP contribution < -0.4 is 5.43 Å². The van der Waals surface area contributed by atoms with Gasteiger partial charge in [-0.15, -0.1) is 0 Å². The highest BCUT2D eigenvalue weighted by atomic mass is 32.2. The molecule has 128 valence electrons. The lowest BCUT2D eigenvalue weighted by atomic mass is 9.96. The Kier molecular flexibility index (Phi) is 4.35. The van der Waals surface area contributed by atoms with E-state index in [1.165, 1.54) is 18.2 Å². The zero-order chi connectivity index (χ0) is 18.2. The predicted octanol–water partition coefficient (Wildman–Crippen LogP) is 3.99. The third-order valence-corrected chi connectivity index (χ3v) is 5.16. The molecule has 1 aromatic heterocycles. The lowest BCUT2D eigenvalue weighted by molar-refractivity contribution is 0.531. The molecular formula is C20H18O4S. The van der Waals surface area contributed by atoms with Crippen molar-refractivity contribution in [3.8, 4) is 22.5 Å². The Balaban J connectivity index is 2.27. The average molecular weight is 354 g/mol. The second kappa shape index (κ2) is 6.33. The molecule has 1 heterocycles. The van der Waals surface area contributed by atoms with Crippen molar-refractivity contribution in [2.45, 2.75) is 18.7 Å². The van der Waals surface area contributed by atoms with Gasteiger partial charge in [-0.05, 0) is 49.2 Å². The smallest absolute Gasteiger partial charge is 0.193 e. The molecule has 2 aromatic carbocycles. The van der Waals surface area contributed by atoms with Crippen LogP contribution in [0.25, 0.3) is 22.5 Å². The molecular weight excluding hydrogens is 336 g/mol. The molecule has 3 rings (SSSR count). The first-order valence-corrected chi connectivity index (χ1v) is 9.68. The molecule has 25 heavy (non-hydrogen) atoms. The van der Waals surface area contributed by atoms with Gasteiger partial charge in [0.15, 0.2) is 15.3 Å². The quantitative estimate of drug-likeness (QED) is 0.713. The standard InChI is InChI=1S/C20H18O4S/c1-13-6-4-5-7-17(13)19-18(21)12-14(2)24-20(19)15-8-10-16(11-9-15)25(3,22)23/h4-12H,1-3H3. The summed E-state index contributed by atoms with van der Waals surface area (Å²) in [5, 5.41) is 0. The van der Waals surface area contributed by atoms with Crippen molar-refractivity contribution in [3.05, 3.63) is 76.1 Å². The van der Waals surface area contributed by atoms with Gasteiger partial charge < -0.3 is 4.42 Å². The lowest BCUT2D eigenvalue weighted by Crippen LogP contribution is -2.07. The van der Waals surface area contributed by atoms with E-state index in [9.17, 15) is 13.2 Å². The van der Waals surface area contributed by atoms with Gasteiger partial charge in [-0.25, -0.2) is 8.42 Å². The van der Waals surface area contributed by atoms with Crippen LogP contribution in [0.15, 0.2) is 68.7 Å². The van der Waals surface area contributed by atoms with Crippen LogP contribution in [0.1, 0.15) is 11.3 Å². The van der Waals surface area contributed by atoms with Crippen LogP contribution in [0.2, 0.25) is 0 Å². The van der Waals surface area contributed by atoms with Gasteiger partial charge in [-0.2, -0.15) is 0 Å². The first kappa shape index (κ1) is 17.2. The molecule has 5 heteroatoms. The molecule has 3 aromatic rings. The van der Waals surface area contributed by atoms with E-state index in [0.717, 1.165) is 17.4 Å². The summed E-state index contributed by atoms with van der Waals surface area (Å²) in [6, 6.07) is 15.4. The highest BCUT2D eigenvalue weighted by molar-refractivity contribution is 7.90. The summed E-state index contributed by atoms with van der Waals surface area (Å²) in [7, 11) is -3.28. The van der Waals surface area contributed by atoms with Crippen molar-refractivity contribution < 1.29 is 12.8 Å². The summed E-state index contributed by atoms with van der Waals surface area (Å²) in [5.74, 6) is 0.948. The van der Waals surface area contributed by atoms with Gasteiger partial charge in [0.1, 0.15) is 11.5 Å². The van der Waals surface area contributed by atoms with Gasteiger partial charge in [0, 0.05) is 17.9 Å². The zero-order valence-corrected chi connectivity index (χ0v) is 15.1. The normalized spacial score (nSPS) is 11.5. The van der Waals surface area contributed by atoms with Crippen LogP contribution >= 0.6 is 0 Å². The Morgan fingerprint density at radius 2 is 1.56 bits per heavy atom. The van der Waals surface area contributed by atoms with Crippen molar-refractivity contribution in [1.29, 1.82) is 0 Å². The maximum atomic E-state index is 12.7. The molecule has 0 bridgehead atoms. The third kappa shape index (κ3) is 3.42. The Morgan fingerprint density at radius 1 is 0.920 bits per heavy atom. The average Bonchev–Trinajstić information content (AvgIpc) is 2.55. The van der Waals surface area contributed by atoms with Crippen molar-refractivity contribution in [2.75, 3.05) is 6.26 Å². The highest BCUT2D eigenvalue weighted by Gasteiger charge is 2.17. The number of rotatable bonds is 3. The van der Waals surface area contributed by atoms with E-state index in [4.69, 9.17) is 4.42 Å². The Hall–Kier alpha value is -2.66. The van der Waals surface area contributed by atoms with Crippen LogP contribution in [0.3, 0.4) is 0 Å². The van der Waals surface area contributed by atoms with Gasteiger partial charge in [0.05, 0.1) is 10.5 Å². The van der Waals surface area contributed by atoms with E-state index in [1.807, 2.05) is 31.2 Å². The van der Waals surface area contributed by atoms with Crippen LogP contribution in [-0.2, 0) is 9.84 Å². The van der Waals surface area contributed by atoms with E-state index in [2.05, 4.69) is 0 Å². The van der Waals surface area contributed by atoms with Gasteiger partial charge in [0.2, 0.25) is 0 Å². The van der Waals surface area contributed by atoms with Crippen molar-refractivity contribution >= 4 is 9.84 Å². The Labute approximate surface area is 146 Å². The zero-order valence-electron chi connectivity index (χ0n) is 14.2. The fraction of sp³-hybridized carbons (Fsp3) is 0.150. The molecule has 0 aliphatic heterocycles. The Bertz CT molecular complexity index is 1090. The van der Waals surface area contributed by atoms with Crippen LogP contribution in [0.5, 0.6) is 0 Å². The number of sulfone groups is 1. The molecule has 0 fully saturated rings. The van der Waals surface area contributed by atoms with E-state index in [1.54, 1.807) is 19.1 Å². The Morgan fingerprint density at radius 3 is 2.16 bits per heavy atom. The van der Waals surface area contributed by atoms with Crippen molar-refractivity contribution in [1.82, 2.24) is 0 Å². The van der Waals surface area contributed by atoms with Crippen LogP contribution in [0.4, 0.5) is 0 Å². The minimum Gasteiger partial charge on any atom is -0.460 e. The molecule has 0 aliphatic carbocycles. The minimum absolute atomic E-state index is 0.125. The SMILES string of the molecule is Cc1cc(=O)c(-c2ccccc2C)c(-c2ccc(S(C)(=O)=O)cc2)o1. The lowest BCUT2D eigenvalue weighted by Gasteiger charge is -2.12. The van der Waals surface area contributed by atoms with Crippen LogP contribution in [0, 0.1) is 13.8 Å². The topological polar surface area (TPSA) is 64.3 Å². The summed E-state index contributed by atoms with van der Waals surface area (Å²) in [4.78, 5) is 12.9. The summed E-state index contributed by atoms with van der Waals surface area (Å²) < 4.78 is 29.2. The van der Waals surface area contributed by atoms with Gasteiger partial charge in [0.25, 0.3) is 0 Å². The molecule has 0 amide bonds. The molecule has 0 N–H and O–H groups in total. The van der Waals surface area contributed by atoms with Crippen molar-refractivity contribution in [3.63, 3.8) is 0 Å². The van der Waals surface area contributed by atoms with E-state index in [0.29, 0.717) is 22.6 Å². The second-order valence-electron chi connectivity index (χ2n) is 6.04. The molecule has 0 spiro atoms. The molecule has 0 saturated carbocycles. The van der Waals surface area contributed by atoms with Crippen LogP contribution in [-0.4, -0.2) is 14.7 Å². The van der Waals surface area contributed by atoms with E-state index >= 15 is 0 Å². The fourth-order valence-electron chi connectivity index (χ4n) is 2.78. The first-order valence-electron chi connectivity index (χ1n) is 7.78. The number of benzene rings is 2. The summed E-state index contributed by atoms with van der Waals surface area (Å²) in [5.41, 5.74) is 2.79. The molecule has 0 saturated heterocycles. The maximum absolute atomic E-state index is 12.7. The summed E-state index contributed by atoms with van der Waals surface area (Å²) >= 11 is 0. The number of hydrogen-bond acceptors (Lipinski definition) is 4. The molecule has 0 radical (unpaired) electrons. The second-order valence-corrected chi connectivity index (χ2v) is 8.05. The summed E-state index contributed by atoms with van der Waals surface area (Å²) in [6.07, 6.45) is 1.16. The monoisotopic (exact) mass is 354 g/mol. The maximum Gasteiger partial charge on any atom is 0.193 e. The van der Waals surface area contributed by atoms with E-state index < -0.39 is 9.84 Å². The molecule has 0 unspecified atom stereocenters. The molecule has 0 atom stereocenters. The van der Waals surface area contributed by atoms with Gasteiger partial charge in [-0.3, -0.25) is 4.79 Å². The predicted molar refractivity (Wildman–Crippen MR) is 98.4 cm³/mol. The summed E-state index contributed by atoms with van der Waals surface area (Å²) in [6.45, 7) is 3.66. The molecule has 0 aliphatic rings. The van der Waals surface area contributed by atoms with Gasteiger partial charge in [-0.1, -0.05) is 24.3 Å². The first-order chi connectivity index (χ1) is 11.8. The number of aryl methyl sites for hydroxylation is 2. The van der Waals surface area contributed by atoms with Gasteiger partial charge >= 0.3 is 0 Å². The minimum atomic E-state index is -3.28. The number of hydrogen-bond donors (Lipinski definition) is 0. The third-order valence-electron chi connectivity index (χ3n) is 4.03.